The van der Waals surface area contributed by atoms with Crippen molar-refractivity contribution in [3.8, 4) is 0 Å². The van der Waals surface area contributed by atoms with Crippen LogP contribution in [0, 0.1) is 10.1 Å². The van der Waals surface area contributed by atoms with E-state index in [1.807, 2.05) is 0 Å². The molecule has 1 rings (SSSR count). The van der Waals surface area contributed by atoms with Gasteiger partial charge in [0.25, 0.3) is 0 Å². The van der Waals surface area contributed by atoms with E-state index in [4.69, 9.17) is 0 Å². The number of halogens is 2. The van der Waals surface area contributed by atoms with Crippen molar-refractivity contribution in [2.75, 3.05) is 5.33 Å². The van der Waals surface area contributed by atoms with Crippen LogP contribution in [-0.2, 0) is 18.9 Å². The summed E-state index contributed by atoms with van der Waals surface area (Å²) < 4.78 is 1.95. The molecule has 0 aliphatic rings. The lowest BCUT2D eigenvalue weighted by Gasteiger charge is -2.11. The molecule has 1 aromatic rings. The third-order valence-electron chi connectivity index (χ3n) is 2.24. The van der Waals surface area contributed by atoms with E-state index in [1.165, 1.54) is 11.6 Å². The molecule has 0 aromatic carbocycles. The highest BCUT2D eigenvalue weighted by Gasteiger charge is 2.25. The van der Waals surface area contributed by atoms with Crippen molar-refractivity contribution in [1.82, 2.24) is 9.13 Å². The molecule has 0 bridgehead atoms. The van der Waals surface area contributed by atoms with Crippen LogP contribution in [0.5, 0.6) is 0 Å². The maximum Gasteiger partial charge on any atom is 0.354 e. The SMILES string of the molecule is Cn1c(=O)c([N+](=O)[O-])c(CBr)n(CCBr)c1=O. The maximum atomic E-state index is 11.8. The largest absolute Gasteiger partial charge is 0.354 e. The quantitative estimate of drug-likeness (QED) is 0.444. The van der Waals surface area contributed by atoms with E-state index in [0.717, 1.165) is 4.57 Å². The summed E-state index contributed by atoms with van der Waals surface area (Å²) in [4.78, 5) is 33.5. The van der Waals surface area contributed by atoms with Gasteiger partial charge in [-0.25, -0.2) is 4.79 Å². The van der Waals surface area contributed by atoms with E-state index < -0.39 is 21.9 Å². The number of alkyl halides is 2. The second-order valence-corrected chi connectivity index (χ2v) is 4.53. The summed E-state index contributed by atoms with van der Waals surface area (Å²) >= 11 is 6.22. The number of aromatic nitrogens is 2. The van der Waals surface area contributed by atoms with E-state index in [0.29, 0.717) is 5.33 Å². The van der Waals surface area contributed by atoms with Crippen LogP contribution in [0.1, 0.15) is 5.69 Å². The lowest BCUT2D eigenvalue weighted by Crippen LogP contribution is -2.41. The first-order valence-corrected chi connectivity index (χ1v) is 6.79. The summed E-state index contributed by atoms with van der Waals surface area (Å²) in [6, 6.07) is 0. The van der Waals surface area contributed by atoms with Gasteiger partial charge in [0.05, 0.1) is 10.3 Å². The fourth-order valence-electron chi connectivity index (χ4n) is 1.43. The zero-order valence-corrected chi connectivity index (χ0v) is 12.0. The van der Waals surface area contributed by atoms with Gasteiger partial charge in [-0.3, -0.25) is 24.0 Å². The van der Waals surface area contributed by atoms with Crippen molar-refractivity contribution in [3.05, 3.63) is 36.6 Å². The molecule has 0 saturated carbocycles. The summed E-state index contributed by atoms with van der Waals surface area (Å²) in [6.07, 6.45) is 0. The van der Waals surface area contributed by atoms with Gasteiger partial charge in [-0.05, 0) is 0 Å². The van der Waals surface area contributed by atoms with Gasteiger partial charge in [-0.15, -0.1) is 0 Å². The highest BCUT2D eigenvalue weighted by Crippen LogP contribution is 2.14. The van der Waals surface area contributed by atoms with E-state index in [9.17, 15) is 19.7 Å². The normalized spacial score (nSPS) is 10.5. The Morgan fingerprint density at radius 1 is 1.35 bits per heavy atom. The highest BCUT2D eigenvalue weighted by molar-refractivity contribution is 9.09. The van der Waals surface area contributed by atoms with E-state index in [-0.39, 0.29) is 17.6 Å². The minimum Gasteiger partial charge on any atom is -0.289 e. The van der Waals surface area contributed by atoms with E-state index >= 15 is 0 Å². The minimum atomic E-state index is -0.889. The molecule has 0 amide bonds. The standard InChI is InChI=1S/C8H9Br2N3O4/c1-11-7(14)6(13(16)17)5(4-10)12(3-2-9)8(11)15/h2-4H2,1H3. The van der Waals surface area contributed by atoms with Gasteiger partial charge in [0.15, 0.2) is 0 Å². The summed E-state index contributed by atoms with van der Waals surface area (Å²) in [5, 5.41) is 11.4. The van der Waals surface area contributed by atoms with Gasteiger partial charge < -0.3 is 0 Å². The van der Waals surface area contributed by atoms with Crippen molar-refractivity contribution in [2.24, 2.45) is 7.05 Å². The molecule has 0 atom stereocenters. The number of nitrogens with zero attached hydrogens (tertiary/aromatic N) is 3. The highest BCUT2D eigenvalue weighted by atomic mass is 79.9. The second-order valence-electron chi connectivity index (χ2n) is 3.17. The molecule has 0 spiro atoms. The van der Waals surface area contributed by atoms with Crippen LogP contribution >= 0.6 is 31.9 Å². The fraction of sp³-hybridized carbons (Fsp3) is 0.500. The molecule has 1 aromatic heterocycles. The predicted octanol–water partition coefficient (Wildman–Crippen LogP) is 0.745. The molecule has 7 nitrogen and oxygen atoms in total. The molecule has 0 N–H and O–H groups in total. The van der Waals surface area contributed by atoms with E-state index in [1.54, 1.807) is 0 Å². The molecular formula is C8H9Br2N3O4. The van der Waals surface area contributed by atoms with Gasteiger partial charge in [0.1, 0.15) is 5.69 Å². The first-order chi connectivity index (χ1) is 7.95. The van der Waals surface area contributed by atoms with Gasteiger partial charge in [-0.2, -0.15) is 0 Å². The molecule has 94 valence electrons. The first-order valence-electron chi connectivity index (χ1n) is 4.54. The number of nitro groups is 1. The molecule has 0 saturated heterocycles. The van der Waals surface area contributed by atoms with Crippen LogP contribution in [0.15, 0.2) is 9.59 Å². The van der Waals surface area contributed by atoms with Crippen molar-refractivity contribution < 1.29 is 4.92 Å². The Hall–Kier alpha value is -0.960. The maximum absolute atomic E-state index is 11.8. The Labute approximate surface area is 112 Å². The van der Waals surface area contributed by atoms with Crippen LogP contribution in [-0.4, -0.2) is 19.4 Å². The van der Waals surface area contributed by atoms with Gasteiger partial charge in [-0.1, -0.05) is 31.9 Å². The lowest BCUT2D eigenvalue weighted by molar-refractivity contribution is -0.387. The molecule has 0 unspecified atom stereocenters. The number of rotatable bonds is 4. The van der Waals surface area contributed by atoms with Crippen LogP contribution in [0.4, 0.5) is 5.69 Å². The van der Waals surface area contributed by atoms with Crippen LogP contribution < -0.4 is 11.2 Å². The monoisotopic (exact) mass is 369 g/mol. The molecule has 9 heteroatoms. The summed E-state index contributed by atoms with van der Waals surface area (Å²) in [7, 11) is 1.22. The molecule has 17 heavy (non-hydrogen) atoms. The third-order valence-corrected chi connectivity index (χ3v) is 3.13. The molecule has 0 aliphatic heterocycles. The molecule has 0 fully saturated rings. The van der Waals surface area contributed by atoms with Crippen molar-refractivity contribution in [1.29, 1.82) is 0 Å². The Morgan fingerprint density at radius 2 is 1.94 bits per heavy atom. The predicted molar refractivity (Wildman–Crippen MR) is 69.0 cm³/mol. The fourth-order valence-corrected chi connectivity index (χ4v) is 2.35. The molecule has 0 aliphatic carbocycles. The zero-order valence-electron chi connectivity index (χ0n) is 8.85. The Balaban J connectivity index is 3.78. The Kier molecular flexibility index (Phi) is 4.63. The molecule has 0 radical (unpaired) electrons. The molecule has 1 heterocycles. The third kappa shape index (κ3) is 2.49. The van der Waals surface area contributed by atoms with Crippen LogP contribution in [0.2, 0.25) is 0 Å². The topological polar surface area (TPSA) is 87.1 Å². The average Bonchev–Trinajstić information content (AvgIpc) is 2.29. The number of hydrogen-bond donors (Lipinski definition) is 0. The zero-order chi connectivity index (χ0) is 13.2. The summed E-state index contributed by atoms with van der Waals surface area (Å²) in [6.45, 7) is 0.259. The van der Waals surface area contributed by atoms with Crippen LogP contribution in [0.25, 0.3) is 0 Å². The second kappa shape index (κ2) is 5.58. The van der Waals surface area contributed by atoms with Crippen LogP contribution in [0.3, 0.4) is 0 Å². The van der Waals surface area contributed by atoms with Gasteiger partial charge in [0.2, 0.25) is 0 Å². The smallest absolute Gasteiger partial charge is 0.289 e. The molecular weight excluding hydrogens is 362 g/mol. The Bertz CT molecular complexity index is 563. The first kappa shape index (κ1) is 14.1. The van der Waals surface area contributed by atoms with Crippen molar-refractivity contribution in [2.45, 2.75) is 11.9 Å². The van der Waals surface area contributed by atoms with Crippen molar-refractivity contribution >= 4 is 37.5 Å². The average molecular weight is 371 g/mol. The van der Waals surface area contributed by atoms with Gasteiger partial charge in [0, 0.05) is 18.9 Å². The van der Waals surface area contributed by atoms with Gasteiger partial charge >= 0.3 is 16.9 Å². The Morgan fingerprint density at radius 3 is 2.35 bits per heavy atom. The summed E-state index contributed by atoms with van der Waals surface area (Å²) in [5.41, 5.74) is -1.93. The van der Waals surface area contributed by atoms with Crippen molar-refractivity contribution in [3.63, 3.8) is 0 Å². The minimum absolute atomic E-state index is 0.0711. The lowest BCUT2D eigenvalue weighted by atomic mass is 10.3. The summed E-state index contributed by atoms with van der Waals surface area (Å²) in [5.74, 6) is 0. The van der Waals surface area contributed by atoms with E-state index in [2.05, 4.69) is 31.9 Å². The number of hydrogen-bond acceptors (Lipinski definition) is 4.